The van der Waals surface area contributed by atoms with Gasteiger partial charge >= 0.3 is 0 Å². The number of aliphatic hydroxyl groups is 1. The molecule has 186 valence electrons. The van der Waals surface area contributed by atoms with Crippen LogP contribution in [0.25, 0.3) is 0 Å². The maximum atomic E-state index is 12.9. The van der Waals surface area contributed by atoms with Crippen LogP contribution in [0.5, 0.6) is 11.5 Å². The fourth-order valence-electron chi connectivity index (χ4n) is 3.40. The van der Waals surface area contributed by atoms with Gasteiger partial charge in [0, 0.05) is 32.9 Å². The summed E-state index contributed by atoms with van der Waals surface area (Å²) < 4.78 is 38.4. The molecule has 0 spiro atoms. The van der Waals surface area contributed by atoms with Crippen molar-refractivity contribution in [3.63, 3.8) is 0 Å². The van der Waals surface area contributed by atoms with E-state index < -0.39 is 28.6 Å². The van der Waals surface area contributed by atoms with E-state index in [4.69, 9.17) is 32.7 Å². The third-order valence-electron chi connectivity index (χ3n) is 5.18. The van der Waals surface area contributed by atoms with Gasteiger partial charge in [0.15, 0.2) is 0 Å². The van der Waals surface area contributed by atoms with E-state index in [1.165, 1.54) is 44.6 Å². The topological polar surface area (TPSA) is 114 Å². The molecule has 3 rings (SSSR count). The number of hydrogen-bond acceptors (Lipinski definition) is 6. The molecule has 0 bridgehead atoms. The van der Waals surface area contributed by atoms with Crippen LogP contribution in [0.1, 0.15) is 22.8 Å². The lowest BCUT2D eigenvalue weighted by molar-refractivity contribution is -0.115. The predicted octanol–water partition coefficient (Wildman–Crippen LogP) is 4.32. The number of amides is 1. The second-order valence-corrected chi connectivity index (χ2v) is 10.1. The first-order valence-corrected chi connectivity index (χ1v) is 12.6. The molecule has 0 saturated heterocycles. The number of sulfonamides is 1. The summed E-state index contributed by atoms with van der Waals surface area (Å²) in [4.78, 5) is 12.5. The van der Waals surface area contributed by atoms with Crippen molar-refractivity contribution in [1.29, 1.82) is 0 Å². The molecule has 3 aromatic rings. The molecule has 11 heteroatoms. The molecule has 0 aromatic heterocycles. The van der Waals surface area contributed by atoms with Crippen LogP contribution in [0, 0.1) is 6.92 Å². The highest BCUT2D eigenvalue weighted by Gasteiger charge is 2.24. The van der Waals surface area contributed by atoms with E-state index in [1.54, 1.807) is 31.2 Å². The highest BCUT2D eigenvalue weighted by atomic mass is 35.5. The Morgan fingerprint density at radius 2 is 1.69 bits per heavy atom. The van der Waals surface area contributed by atoms with Crippen molar-refractivity contribution in [2.75, 3.05) is 26.1 Å². The van der Waals surface area contributed by atoms with Gasteiger partial charge in [-0.15, -0.1) is 0 Å². The van der Waals surface area contributed by atoms with Gasteiger partial charge in [-0.25, -0.2) is 13.1 Å². The standard InChI is InChI=1S/C24H24Cl2N2O6S/c1-14-10-21(34-3)22(12-20(14)33-2)35(31,32)27-13-23(29)28-19-9-8-15(25)11-17(19)24(30)16-6-4-5-7-18(16)26/h4-12,24,27,30H,13H2,1-3H3,(H,28,29). The largest absolute Gasteiger partial charge is 0.496 e. The van der Waals surface area contributed by atoms with Crippen molar-refractivity contribution < 1.29 is 27.8 Å². The van der Waals surface area contributed by atoms with E-state index in [2.05, 4.69) is 10.0 Å². The number of benzene rings is 3. The first-order chi connectivity index (χ1) is 16.6. The van der Waals surface area contributed by atoms with E-state index in [0.29, 0.717) is 32.5 Å². The highest BCUT2D eigenvalue weighted by molar-refractivity contribution is 7.89. The Kier molecular flexibility index (Phi) is 8.63. The molecule has 8 nitrogen and oxygen atoms in total. The molecular weight excluding hydrogens is 515 g/mol. The van der Waals surface area contributed by atoms with Gasteiger partial charge in [-0.3, -0.25) is 4.79 Å². The van der Waals surface area contributed by atoms with Crippen LogP contribution < -0.4 is 19.5 Å². The van der Waals surface area contributed by atoms with E-state index >= 15 is 0 Å². The Morgan fingerprint density at radius 1 is 1.00 bits per heavy atom. The molecule has 0 aliphatic heterocycles. The van der Waals surface area contributed by atoms with E-state index in [-0.39, 0.29) is 16.3 Å². The van der Waals surface area contributed by atoms with Crippen molar-refractivity contribution in [2.45, 2.75) is 17.9 Å². The number of nitrogens with one attached hydrogen (secondary N) is 2. The molecule has 1 atom stereocenters. The van der Waals surface area contributed by atoms with E-state index in [0.717, 1.165) is 0 Å². The summed E-state index contributed by atoms with van der Waals surface area (Å²) in [5, 5.41) is 14.2. The molecule has 0 heterocycles. The number of ether oxygens (including phenoxy) is 2. The SMILES string of the molecule is COc1cc(S(=O)(=O)NCC(=O)Nc2ccc(Cl)cc2C(O)c2ccccc2Cl)c(OC)cc1C. The third-order valence-corrected chi connectivity index (χ3v) is 7.18. The lowest BCUT2D eigenvalue weighted by Gasteiger charge is -2.18. The summed E-state index contributed by atoms with van der Waals surface area (Å²) >= 11 is 12.3. The van der Waals surface area contributed by atoms with Gasteiger partial charge in [-0.05, 0) is 42.8 Å². The number of hydrogen-bond donors (Lipinski definition) is 3. The average Bonchev–Trinajstić information content (AvgIpc) is 2.83. The number of carbonyl (C=O) groups is 1. The average molecular weight is 539 g/mol. The molecule has 0 saturated carbocycles. The molecule has 0 fully saturated rings. The highest BCUT2D eigenvalue weighted by Crippen LogP contribution is 2.34. The molecule has 1 unspecified atom stereocenters. The summed E-state index contributed by atoms with van der Waals surface area (Å²) in [6.45, 7) is 1.17. The molecule has 0 radical (unpaired) electrons. The molecule has 3 aromatic carbocycles. The van der Waals surface area contributed by atoms with Crippen molar-refractivity contribution in [3.05, 3.63) is 81.3 Å². The molecular formula is C24H24Cl2N2O6S. The van der Waals surface area contributed by atoms with Gasteiger partial charge in [-0.1, -0.05) is 41.4 Å². The molecule has 35 heavy (non-hydrogen) atoms. The zero-order valence-electron chi connectivity index (χ0n) is 19.1. The van der Waals surface area contributed by atoms with Gasteiger partial charge in [0.25, 0.3) is 0 Å². The van der Waals surface area contributed by atoms with Gasteiger partial charge < -0.3 is 19.9 Å². The van der Waals surface area contributed by atoms with Gasteiger partial charge in [0.1, 0.15) is 22.5 Å². The van der Waals surface area contributed by atoms with Crippen LogP contribution >= 0.6 is 23.2 Å². The third kappa shape index (κ3) is 6.25. The number of aliphatic hydroxyl groups excluding tert-OH is 1. The summed E-state index contributed by atoms with van der Waals surface area (Å²) in [5.74, 6) is -0.199. The van der Waals surface area contributed by atoms with Crippen LogP contribution in [0.2, 0.25) is 10.0 Å². The summed E-state index contributed by atoms with van der Waals surface area (Å²) in [6, 6.07) is 14.1. The van der Waals surface area contributed by atoms with Crippen molar-refractivity contribution in [1.82, 2.24) is 4.72 Å². The minimum absolute atomic E-state index is 0.110. The van der Waals surface area contributed by atoms with Gasteiger partial charge in [-0.2, -0.15) is 0 Å². The Hall–Kier alpha value is -2.82. The smallest absolute Gasteiger partial charge is 0.244 e. The van der Waals surface area contributed by atoms with Crippen LogP contribution in [0.15, 0.2) is 59.5 Å². The summed E-state index contributed by atoms with van der Waals surface area (Å²) in [5.41, 5.74) is 1.66. The van der Waals surface area contributed by atoms with Crippen molar-refractivity contribution >= 4 is 44.8 Å². The van der Waals surface area contributed by atoms with Gasteiger partial charge in [0.05, 0.1) is 20.8 Å². The molecule has 0 aliphatic rings. The molecule has 0 aliphatic carbocycles. The van der Waals surface area contributed by atoms with Crippen LogP contribution in [0.3, 0.4) is 0 Å². The molecule has 3 N–H and O–H groups in total. The maximum Gasteiger partial charge on any atom is 0.244 e. The number of carbonyl (C=O) groups excluding carboxylic acids is 1. The minimum Gasteiger partial charge on any atom is -0.496 e. The predicted molar refractivity (Wildman–Crippen MR) is 135 cm³/mol. The Labute approximate surface area is 213 Å². The first-order valence-electron chi connectivity index (χ1n) is 10.3. The zero-order chi connectivity index (χ0) is 25.8. The fraction of sp³-hybridized carbons (Fsp3) is 0.208. The first kappa shape index (κ1) is 26.8. The number of aryl methyl sites for hydroxylation is 1. The summed E-state index contributed by atoms with van der Waals surface area (Å²) in [6.07, 6.45) is -1.18. The van der Waals surface area contributed by atoms with E-state index in [9.17, 15) is 18.3 Å². The second-order valence-electron chi connectivity index (χ2n) is 7.50. The second kappa shape index (κ2) is 11.3. The van der Waals surface area contributed by atoms with Crippen LogP contribution in [-0.2, 0) is 14.8 Å². The summed E-state index contributed by atoms with van der Waals surface area (Å²) in [7, 11) is -1.36. The zero-order valence-corrected chi connectivity index (χ0v) is 21.5. The lowest BCUT2D eigenvalue weighted by Crippen LogP contribution is -2.33. The van der Waals surface area contributed by atoms with Crippen molar-refractivity contribution in [2.24, 2.45) is 0 Å². The number of methoxy groups -OCH3 is 2. The lowest BCUT2D eigenvalue weighted by atomic mass is 9.99. The quantitative estimate of drug-likeness (QED) is 0.373. The van der Waals surface area contributed by atoms with Crippen molar-refractivity contribution in [3.8, 4) is 11.5 Å². The van der Waals surface area contributed by atoms with Crippen LogP contribution in [0.4, 0.5) is 5.69 Å². The number of rotatable bonds is 9. The normalized spacial score (nSPS) is 12.2. The van der Waals surface area contributed by atoms with Gasteiger partial charge in [0.2, 0.25) is 15.9 Å². The number of anilines is 1. The fourth-order valence-corrected chi connectivity index (χ4v) is 4.97. The Balaban J connectivity index is 1.81. The van der Waals surface area contributed by atoms with E-state index in [1.807, 2.05) is 0 Å². The number of halogens is 2. The Bertz CT molecular complexity index is 1350. The van der Waals surface area contributed by atoms with Crippen LogP contribution in [-0.4, -0.2) is 40.2 Å². The minimum atomic E-state index is -4.13. The monoisotopic (exact) mass is 538 g/mol. The maximum absolute atomic E-state index is 12.9. The molecule has 1 amide bonds. The Morgan fingerprint density at radius 3 is 2.34 bits per heavy atom.